The highest BCUT2D eigenvalue weighted by Crippen LogP contribution is 2.25. The number of ketones is 1. The maximum Gasteiger partial charge on any atom is 0.193 e. The van der Waals surface area contributed by atoms with Crippen molar-refractivity contribution >= 4 is 17.3 Å². The summed E-state index contributed by atoms with van der Waals surface area (Å²) in [5.74, 6) is 0.465. The molecule has 118 valence electrons. The molecule has 0 saturated heterocycles. The van der Waals surface area contributed by atoms with Crippen molar-refractivity contribution in [3.8, 4) is 0 Å². The molecular formula is C19H18O4. The lowest BCUT2D eigenvalue weighted by Gasteiger charge is -2.09. The van der Waals surface area contributed by atoms with Gasteiger partial charge in [-0.15, -0.1) is 0 Å². The van der Waals surface area contributed by atoms with Gasteiger partial charge in [0, 0.05) is 11.6 Å². The Labute approximate surface area is 135 Å². The van der Waals surface area contributed by atoms with Crippen molar-refractivity contribution in [3.63, 3.8) is 0 Å². The lowest BCUT2D eigenvalue weighted by Crippen LogP contribution is -2.03. The van der Waals surface area contributed by atoms with E-state index < -0.39 is 5.78 Å². The van der Waals surface area contributed by atoms with E-state index in [0.717, 1.165) is 6.08 Å². The lowest BCUT2D eigenvalue weighted by molar-refractivity contribution is -0.111. The van der Waals surface area contributed by atoms with Crippen LogP contribution in [0.3, 0.4) is 0 Å². The van der Waals surface area contributed by atoms with Crippen LogP contribution < -0.4 is 0 Å². The van der Waals surface area contributed by atoms with Crippen molar-refractivity contribution in [2.24, 2.45) is 0 Å². The lowest BCUT2D eigenvalue weighted by atomic mass is 10.0. The van der Waals surface area contributed by atoms with E-state index in [1.54, 1.807) is 37.3 Å². The van der Waals surface area contributed by atoms with E-state index in [2.05, 4.69) is 6.58 Å². The smallest absolute Gasteiger partial charge is 0.193 e. The Kier molecular flexibility index (Phi) is 5.20. The quantitative estimate of drug-likeness (QED) is 0.491. The van der Waals surface area contributed by atoms with Gasteiger partial charge in [-0.1, -0.05) is 43.0 Å². The number of ether oxygens (including phenoxy) is 1. The standard InChI is InChI=1S/C19H18O4/c1-4-15(19(22-3)16-10-11-23-13(16)2)18(21)12-17(20)14-8-6-5-7-9-14/h4-12,20H,1H2,2-3H3/b17-12-,19-15-. The third-order valence-corrected chi connectivity index (χ3v) is 3.36. The van der Waals surface area contributed by atoms with Crippen molar-refractivity contribution in [2.75, 3.05) is 7.11 Å². The molecule has 1 aromatic carbocycles. The third kappa shape index (κ3) is 3.61. The number of rotatable bonds is 6. The SMILES string of the molecule is C=C/C(C(=O)/C=C(\O)c1ccccc1)=C(/OC)c1ccoc1C. The summed E-state index contributed by atoms with van der Waals surface area (Å²) in [5.41, 5.74) is 1.48. The summed E-state index contributed by atoms with van der Waals surface area (Å²) in [5, 5.41) is 10.1. The van der Waals surface area contributed by atoms with Gasteiger partial charge >= 0.3 is 0 Å². The molecule has 0 aliphatic heterocycles. The van der Waals surface area contributed by atoms with Crippen LogP contribution >= 0.6 is 0 Å². The van der Waals surface area contributed by atoms with Crippen molar-refractivity contribution in [2.45, 2.75) is 6.92 Å². The first-order chi connectivity index (χ1) is 11.1. The Morgan fingerprint density at radius 2 is 1.96 bits per heavy atom. The predicted octanol–water partition coefficient (Wildman–Crippen LogP) is 4.30. The van der Waals surface area contributed by atoms with E-state index >= 15 is 0 Å². The third-order valence-electron chi connectivity index (χ3n) is 3.36. The van der Waals surface area contributed by atoms with Crippen LogP contribution in [0.2, 0.25) is 0 Å². The van der Waals surface area contributed by atoms with Crippen LogP contribution in [0.15, 0.2) is 71.4 Å². The minimum Gasteiger partial charge on any atom is -0.507 e. The largest absolute Gasteiger partial charge is 0.507 e. The van der Waals surface area contributed by atoms with Gasteiger partial charge in [0.2, 0.25) is 0 Å². The fraction of sp³-hybridized carbons (Fsp3) is 0.105. The van der Waals surface area contributed by atoms with Crippen LogP contribution in [0.4, 0.5) is 0 Å². The number of carbonyl (C=O) groups is 1. The van der Waals surface area contributed by atoms with E-state index in [0.29, 0.717) is 22.6 Å². The number of carbonyl (C=O) groups excluding carboxylic acids is 1. The molecule has 0 atom stereocenters. The summed E-state index contributed by atoms with van der Waals surface area (Å²) in [6.45, 7) is 5.44. The molecule has 4 nitrogen and oxygen atoms in total. The molecule has 0 unspecified atom stereocenters. The second kappa shape index (κ2) is 7.31. The first-order valence-electron chi connectivity index (χ1n) is 7.04. The maximum absolute atomic E-state index is 12.5. The van der Waals surface area contributed by atoms with Crippen LogP contribution in [0, 0.1) is 6.92 Å². The molecule has 4 heteroatoms. The number of aliphatic hydroxyl groups is 1. The summed E-state index contributed by atoms with van der Waals surface area (Å²) in [7, 11) is 1.47. The molecule has 1 aromatic heterocycles. The second-order valence-electron chi connectivity index (χ2n) is 4.80. The minimum atomic E-state index is -0.404. The van der Waals surface area contributed by atoms with Gasteiger partial charge in [0.1, 0.15) is 17.3 Å². The van der Waals surface area contributed by atoms with Crippen LogP contribution in [-0.4, -0.2) is 18.0 Å². The summed E-state index contributed by atoms with van der Waals surface area (Å²) in [6, 6.07) is 10.5. The highest BCUT2D eigenvalue weighted by molar-refractivity contribution is 6.13. The molecule has 0 amide bonds. The van der Waals surface area contributed by atoms with Gasteiger partial charge in [0.05, 0.1) is 24.5 Å². The average molecular weight is 310 g/mol. The number of hydrogen-bond donors (Lipinski definition) is 1. The van der Waals surface area contributed by atoms with Gasteiger partial charge in [-0.05, 0) is 13.0 Å². The van der Waals surface area contributed by atoms with E-state index in [1.807, 2.05) is 6.07 Å². The molecule has 0 bridgehead atoms. The Balaban J connectivity index is 2.44. The monoisotopic (exact) mass is 310 g/mol. The van der Waals surface area contributed by atoms with Crippen LogP contribution in [-0.2, 0) is 9.53 Å². The molecule has 23 heavy (non-hydrogen) atoms. The second-order valence-corrected chi connectivity index (χ2v) is 4.80. The van der Waals surface area contributed by atoms with E-state index in [9.17, 15) is 9.90 Å². The van der Waals surface area contributed by atoms with Crippen molar-refractivity contribution < 1.29 is 19.1 Å². The molecule has 1 N–H and O–H groups in total. The van der Waals surface area contributed by atoms with Gasteiger partial charge in [-0.3, -0.25) is 4.79 Å². The average Bonchev–Trinajstić information content (AvgIpc) is 2.98. The van der Waals surface area contributed by atoms with Crippen molar-refractivity contribution in [1.82, 2.24) is 0 Å². The highest BCUT2D eigenvalue weighted by atomic mass is 16.5. The van der Waals surface area contributed by atoms with E-state index in [4.69, 9.17) is 9.15 Å². The Morgan fingerprint density at radius 1 is 1.26 bits per heavy atom. The number of aliphatic hydroxyl groups excluding tert-OH is 1. The van der Waals surface area contributed by atoms with Crippen LogP contribution in [0.25, 0.3) is 11.5 Å². The number of furan rings is 1. The fourth-order valence-electron chi connectivity index (χ4n) is 2.18. The molecule has 0 radical (unpaired) electrons. The van der Waals surface area contributed by atoms with Gasteiger partial charge in [0.25, 0.3) is 0 Å². The van der Waals surface area contributed by atoms with Crippen molar-refractivity contribution in [3.05, 3.63) is 83.9 Å². The molecule has 0 aliphatic rings. The first kappa shape index (κ1) is 16.4. The molecule has 2 rings (SSSR count). The highest BCUT2D eigenvalue weighted by Gasteiger charge is 2.17. The summed E-state index contributed by atoms with van der Waals surface area (Å²) < 4.78 is 10.6. The molecule has 0 fully saturated rings. The summed E-state index contributed by atoms with van der Waals surface area (Å²) in [6.07, 6.45) is 4.08. The summed E-state index contributed by atoms with van der Waals surface area (Å²) >= 11 is 0. The first-order valence-corrected chi connectivity index (χ1v) is 7.04. The van der Waals surface area contributed by atoms with Crippen molar-refractivity contribution in [1.29, 1.82) is 0 Å². The predicted molar refractivity (Wildman–Crippen MR) is 89.6 cm³/mol. The molecule has 0 saturated carbocycles. The van der Waals surface area contributed by atoms with Gasteiger partial charge < -0.3 is 14.3 Å². The molecule has 1 heterocycles. The zero-order chi connectivity index (χ0) is 16.8. The zero-order valence-corrected chi connectivity index (χ0v) is 13.1. The number of aryl methyl sites for hydroxylation is 1. The molecular weight excluding hydrogens is 292 g/mol. The van der Waals surface area contributed by atoms with Crippen LogP contribution in [0.1, 0.15) is 16.9 Å². The Bertz CT molecular complexity index is 764. The van der Waals surface area contributed by atoms with Gasteiger partial charge in [-0.2, -0.15) is 0 Å². The zero-order valence-electron chi connectivity index (χ0n) is 13.1. The number of methoxy groups -OCH3 is 1. The normalized spacial score (nSPS) is 12.5. The van der Waals surface area contributed by atoms with Gasteiger partial charge in [-0.25, -0.2) is 0 Å². The Morgan fingerprint density at radius 3 is 2.48 bits per heavy atom. The van der Waals surface area contributed by atoms with E-state index in [1.165, 1.54) is 19.4 Å². The fourth-order valence-corrected chi connectivity index (χ4v) is 2.18. The number of allylic oxidation sites excluding steroid dienone is 3. The molecule has 2 aromatic rings. The number of benzene rings is 1. The van der Waals surface area contributed by atoms with Crippen LogP contribution in [0.5, 0.6) is 0 Å². The minimum absolute atomic E-state index is 0.116. The van der Waals surface area contributed by atoms with Gasteiger partial charge in [0.15, 0.2) is 5.78 Å². The maximum atomic E-state index is 12.5. The number of hydrogen-bond acceptors (Lipinski definition) is 4. The summed E-state index contributed by atoms with van der Waals surface area (Å²) in [4.78, 5) is 12.5. The Hall–Kier alpha value is -3.01. The topological polar surface area (TPSA) is 59.7 Å². The molecule has 0 spiro atoms. The van der Waals surface area contributed by atoms with E-state index in [-0.39, 0.29) is 11.3 Å². The molecule has 0 aliphatic carbocycles.